The first-order valence-corrected chi connectivity index (χ1v) is 11.1. The number of aromatic nitrogens is 1. The van der Waals surface area contributed by atoms with E-state index >= 15 is 0 Å². The molecule has 0 bridgehead atoms. The fourth-order valence-electron chi connectivity index (χ4n) is 5.24. The minimum absolute atomic E-state index is 0.0258. The van der Waals surface area contributed by atoms with Crippen molar-refractivity contribution in [1.82, 2.24) is 26.5 Å². The number of nitrogens with one attached hydrogen (secondary N) is 5. The Labute approximate surface area is 176 Å². The number of rotatable bonds is 4. The summed E-state index contributed by atoms with van der Waals surface area (Å²) in [4.78, 5) is 17.2. The van der Waals surface area contributed by atoms with Crippen LogP contribution in [-0.4, -0.2) is 41.9 Å². The van der Waals surface area contributed by atoms with E-state index < -0.39 is 0 Å². The van der Waals surface area contributed by atoms with Gasteiger partial charge < -0.3 is 11.1 Å². The van der Waals surface area contributed by atoms with Crippen molar-refractivity contribution in [2.75, 3.05) is 11.9 Å². The summed E-state index contributed by atoms with van der Waals surface area (Å²) < 4.78 is 0. The summed E-state index contributed by atoms with van der Waals surface area (Å²) in [6, 6.07) is 10.7. The monoisotopic (exact) mass is 409 g/mol. The lowest BCUT2D eigenvalue weighted by Gasteiger charge is -2.46. The first kappa shape index (κ1) is 19.7. The average Bonchev–Trinajstić information content (AvgIpc) is 2.75. The highest BCUT2D eigenvalue weighted by Crippen LogP contribution is 2.30. The Kier molecular flexibility index (Phi) is 5.56. The Morgan fingerprint density at radius 3 is 2.93 bits per heavy atom. The molecule has 8 nitrogen and oxygen atoms in total. The molecule has 0 spiro atoms. The fourth-order valence-corrected chi connectivity index (χ4v) is 5.24. The second-order valence-corrected chi connectivity index (χ2v) is 8.87. The van der Waals surface area contributed by atoms with Gasteiger partial charge in [0.25, 0.3) is 0 Å². The number of fused-ring (bicyclic) bond motifs is 2. The second-order valence-electron chi connectivity index (χ2n) is 8.87. The van der Waals surface area contributed by atoms with E-state index in [1.165, 1.54) is 12.8 Å². The van der Waals surface area contributed by atoms with Gasteiger partial charge >= 0.3 is 0 Å². The Morgan fingerprint density at radius 1 is 1.17 bits per heavy atom. The Hall–Kier alpha value is -2.26. The Morgan fingerprint density at radius 2 is 2.03 bits per heavy atom. The van der Waals surface area contributed by atoms with Crippen LogP contribution in [0.3, 0.4) is 0 Å². The van der Waals surface area contributed by atoms with Crippen LogP contribution in [0, 0.1) is 11.8 Å². The van der Waals surface area contributed by atoms with Crippen LogP contribution in [0.4, 0.5) is 5.69 Å². The molecule has 7 N–H and O–H groups in total. The van der Waals surface area contributed by atoms with Gasteiger partial charge in [-0.05, 0) is 37.3 Å². The van der Waals surface area contributed by atoms with E-state index in [9.17, 15) is 4.79 Å². The van der Waals surface area contributed by atoms with Crippen LogP contribution in [0.25, 0.3) is 10.9 Å². The van der Waals surface area contributed by atoms with Crippen LogP contribution in [0.2, 0.25) is 0 Å². The third-order valence-corrected chi connectivity index (χ3v) is 6.81. The molecular weight excluding hydrogens is 378 g/mol. The van der Waals surface area contributed by atoms with Gasteiger partial charge in [0.05, 0.1) is 35.7 Å². The number of nitrogens with two attached hydrogens (primary N) is 1. The average molecular weight is 410 g/mol. The second kappa shape index (κ2) is 8.47. The summed E-state index contributed by atoms with van der Waals surface area (Å²) in [6.07, 6.45) is 7.27. The van der Waals surface area contributed by atoms with Gasteiger partial charge in [0.15, 0.2) is 0 Å². The SMILES string of the molecule is N[C@H]1CCCC[C@H]1NC1CC2CNNC(=O)C2C(Nc2cnc3ccccc3c2)N1. The molecule has 0 radical (unpaired) electrons. The van der Waals surface area contributed by atoms with Crippen molar-refractivity contribution in [3.8, 4) is 0 Å². The molecule has 1 aliphatic carbocycles. The number of pyridine rings is 1. The third-order valence-electron chi connectivity index (χ3n) is 6.81. The summed E-state index contributed by atoms with van der Waals surface area (Å²) >= 11 is 0. The molecule has 6 atom stereocenters. The quantitative estimate of drug-likeness (QED) is 0.447. The lowest BCUT2D eigenvalue weighted by Crippen LogP contribution is -2.69. The molecule has 1 aromatic heterocycles. The molecule has 3 aliphatic rings. The molecule has 1 aromatic carbocycles. The number of carbonyl (C=O) groups excluding carboxylic acids is 1. The number of carbonyl (C=O) groups is 1. The number of piperidine rings is 1. The number of hydrazine groups is 1. The standard InChI is InChI=1S/C22H31N7O/c23-16-6-2-4-8-18(16)27-19-10-14-11-25-29-22(30)20(14)21(28-19)26-15-9-13-5-1-3-7-17(13)24-12-15/h1,3,5,7,9,12,14,16,18-21,25-28H,2,4,6,8,10-11,23H2,(H,29,30)/t14?,16-,18+,19?,20?,21?/m0/s1. The molecule has 1 saturated carbocycles. The number of benzene rings is 1. The summed E-state index contributed by atoms with van der Waals surface area (Å²) in [6.45, 7) is 0.765. The highest BCUT2D eigenvalue weighted by molar-refractivity contribution is 5.83. The lowest BCUT2D eigenvalue weighted by atomic mass is 9.80. The summed E-state index contributed by atoms with van der Waals surface area (Å²) in [5.41, 5.74) is 14.1. The molecule has 4 unspecified atom stereocenters. The van der Waals surface area contributed by atoms with Crippen molar-refractivity contribution in [3.05, 3.63) is 36.5 Å². The van der Waals surface area contributed by atoms with E-state index in [0.717, 1.165) is 42.4 Å². The van der Waals surface area contributed by atoms with Gasteiger partial charge in [0, 0.05) is 24.0 Å². The summed E-state index contributed by atoms with van der Waals surface area (Å²) in [5, 5.41) is 12.0. The van der Waals surface area contributed by atoms with Gasteiger partial charge in [0.1, 0.15) is 0 Å². The number of para-hydroxylation sites is 1. The minimum atomic E-state index is -0.189. The zero-order valence-electron chi connectivity index (χ0n) is 17.1. The van der Waals surface area contributed by atoms with Gasteiger partial charge in [-0.2, -0.15) is 0 Å². The summed E-state index contributed by atoms with van der Waals surface area (Å²) in [5.74, 6) is 0.108. The largest absolute Gasteiger partial charge is 0.368 e. The molecule has 2 aliphatic heterocycles. The molecule has 30 heavy (non-hydrogen) atoms. The molecule has 1 amide bonds. The minimum Gasteiger partial charge on any atom is -0.368 e. The predicted octanol–water partition coefficient (Wildman–Crippen LogP) is 1.02. The van der Waals surface area contributed by atoms with Crippen LogP contribution in [-0.2, 0) is 4.79 Å². The maximum atomic E-state index is 12.7. The fraction of sp³-hybridized carbons (Fsp3) is 0.545. The van der Waals surface area contributed by atoms with E-state index in [0.29, 0.717) is 6.04 Å². The van der Waals surface area contributed by atoms with Crippen LogP contribution in [0.1, 0.15) is 32.1 Å². The third kappa shape index (κ3) is 4.00. The Balaban J connectivity index is 1.36. The maximum absolute atomic E-state index is 12.7. The molecule has 160 valence electrons. The highest BCUT2D eigenvalue weighted by Gasteiger charge is 2.44. The zero-order valence-corrected chi connectivity index (χ0v) is 17.1. The van der Waals surface area contributed by atoms with E-state index in [1.54, 1.807) is 0 Å². The van der Waals surface area contributed by atoms with Crippen molar-refractivity contribution in [2.45, 2.75) is 56.5 Å². The normalized spacial score (nSPS) is 34.2. The number of hydrogen-bond acceptors (Lipinski definition) is 7. The van der Waals surface area contributed by atoms with Crippen LogP contribution in [0.5, 0.6) is 0 Å². The number of hydrogen-bond donors (Lipinski definition) is 6. The smallest absolute Gasteiger partial charge is 0.240 e. The van der Waals surface area contributed by atoms with Gasteiger partial charge in [-0.3, -0.25) is 25.8 Å². The molecule has 3 heterocycles. The number of amides is 1. The van der Waals surface area contributed by atoms with E-state index in [-0.39, 0.29) is 36.1 Å². The van der Waals surface area contributed by atoms with Gasteiger partial charge in [-0.25, -0.2) is 5.43 Å². The number of nitrogens with zero attached hydrogens (tertiary/aromatic N) is 1. The van der Waals surface area contributed by atoms with Gasteiger partial charge in [-0.15, -0.1) is 0 Å². The van der Waals surface area contributed by atoms with Gasteiger partial charge in [-0.1, -0.05) is 31.0 Å². The topological polar surface area (TPSA) is 116 Å². The van der Waals surface area contributed by atoms with Gasteiger partial charge in [0.2, 0.25) is 5.91 Å². The molecule has 5 rings (SSSR count). The van der Waals surface area contributed by atoms with E-state index in [1.807, 2.05) is 24.4 Å². The number of anilines is 1. The zero-order chi connectivity index (χ0) is 20.5. The lowest BCUT2D eigenvalue weighted by molar-refractivity contribution is -0.133. The van der Waals surface area contributed by atoms with Crippen molar-refractivity contribution in [1.29, 1.82) is 0 Å². The summed E-state index contributed by atoms with van der Waals surface area (Å²) in [7, 11) is 0. The van der Waals surface area contributed by atoms with Crippen LogP contribution < -0.4 is 32.5 Å². The van der Waals surface area contributed by atoms with Crippen molar-refractivity contribution in [2.24, 2.45) is 17.6 Å². The predicted molar refractivity (Wildman–Crippen MR) is 117 cm³/mol. The molecule has 8 heteroatoms. The van der Waals surface area contributed by atoms with Crippen LogP contribution in [0.15, 0.2) is 36.5 Å². The first-order valence-electron chi connectivity index (χ1n) is 11.1. The highest BCUT2D eigenvalue weighted by atomic mass is 16.2. The Bertz CT molecular complexity index is 906. The molecule has 3 fully saturated rings. The van der Waals surface area contributed by atoms with Crippen molar-refractivity contribution < 1.29 is 4.79 Å². The first-order chi connectivity index (χ1) is 14.7. The molecular formula is C22H31N7O. The van der Waals surface area contributed by atoms with Crippen molar-refractivity contribution in [3.63, 3.8) is 0 Å². The van der Waals surface area contributed by atoms with E-state index in [4.69, 9.17) is 5.73 Å². The van der Waals surface area contributed by atoms with E-state index in [2.05, 4.69) is 43.9 Å². The van der Waals surface area contributed by atoms with Crippen molar-refractivity contribution >= 4 is 22.5 Å². The molecule has 2 saturated heterocycles. The molecule has 2 aromatic rings. The maximum Gasteiger partial charge on any atom is 0.240 e. The van der Waals surface area contributed by atoms with Crippen LogP contribution >= 0.6 is 0 Å².